The molecule has 0 radical (unpaired) electrons. The van der Waals surface area contributed by atoms with Gasteiger partial charge in [-0.05, 0) is 18.8 Å². The van der Waals surface area contributed by atoms with Crippen LogP contribution in [0.15, 0.2) is 24.3 Å². The molecule has 0 rings (SSSR count). The number of nitrogens with one attached hydrogen (secondary N) is 1. The van der Waals surface area contributed by atoms with E-state index in [1.54, 1.807) is 6.08 Å². The number of carbonyl (C=O) groups is 1. The molecule has 0 spiro atoms. The maximum atomic E-state index is 11.3. The van der Waals surface area contributed by atoms with Crippen molar-refractivity contribution in [2.75, 3.05) is 6.54 Å². The summed E-state index contributed by atoms with van der Waals surface area (Å²) in [4.78, 5) is 11.3. The van der Waals surface area contributed by atoms with Crippen LogP contribution >= 0.6 is 0 Å². The Morgan fingerprint density at radius 3 is 2.62 bits per heavy atom. The summed E-state index contributed by atoms with van der Waals surface area (Å²) in [5, 5.41) is 2.83. The van der Waals surface area contributed by atoms with Gasteiger partial charge in [0.05, 0.1) is 0 Å². The molecular formula is C14H25NO. The Bertz CT molecular complexity index is 229. The van der Waals surface area contributed by atoms with Gasteiger partial charge in [0.2, 0.25) is 5.91 Å². The van der Waals surface area contributed by atoms with Crippen molar-refractivity contribution < 1.29 is 4.79 Å². The van der Waals surface area contributed by atoms with Crippen LogP contribution in [-0.2, 0) is 4.79 Å². The van der Waals surface area contributed by atoms with E-state index in [2.05, 4.69) is 32.2 Å². The summed E-state index contributed by atoms with van der Waals surface area (Å²) < 4.78 is 0. The standard InChI is InChI=1S/C14H25NO/c1-4-5-6-7-8-9-10-11-14(16)15-12-13(2)3/h8-11,13H,4-7,12H2,1-3H3,(H,15,16)/b9-8-,11-10?. The summed E-state index contributed by atoms with van der Waals surface area (Å²) in [5.41, 5.74) is 0. The first-order chi connectivity index (χ1) is 7.66. The first-order valence-corrected chi connectivity index (χ1v) is 6.27. The van der Waals surface area contributed by atoms with Gasteiger partial charge < -0.3 is 5.32 Å². The van der Waals surface area contributed by atoms with Gasteiger partial charge in [0.15, 0.2) is 0 Å². The zero-order valence-electron chi connectivity index (χ0n) is 10.8. The number of allylic oxidation sites excluding steroid dienone is 3. The molecule has 0 fully saturated rings. The smallest absolute Gasteiger partial charge is 0.243 e. The Balaban J connectivity index is 3.54. The Hall–Kier alpha value is -1.05. The highest BCUT2D eigenvalue weighted by atomic mass is 16.1. The van der Waals surface area contributed by atoms with Gasteiger partial charge >= 0.3 is 0 Å². The van der Waals surface area contributed by atoms with E-state index < -0.39 is 0 Å². The molecule has 2 nitrogen and oxygen atoms in total. The third-order valence-corrected chi connectivity index (χ3v) is 2.15. The first-order valence-electron chi connectivity index (χ1n) is 6.27. The summed E-state index contributed by atoms with van der Waals surface area (Å²) in [5.74, 6) is 0.494. The van der Waals surface area contributed by atoms with E-state index in [0.717, 1.165) is 13.0 Å². The first kappa shape index (κ1) is 14.9. The van der Waals surface area contributed by atoms with Gasteiger partial charge in [-0.3, -0.25) is 4.79 Å². The maximum absolute atomic E-state index is 11.3. The van der Waals surface area contributed by atoms with Crippen molar-refractivity contribution in [3.63, 3.8) is 0 Å². The SMILES string of the molecule is CCCCC/C=C\C=CC(=O)NCC(C)C. The Morgan fingerprint density at radius 1 is 1.25 bits per heavy atom. The molecule has 0 aliphatic rings. The lowest BCUT2D eigenvalue weighted by atomic mass is 10.2. The molecule has 0 bridgehead atoms. The third-order valence-electron chi connectivity index (χ3n) is 2.15. The molecule has 0 aromatic rings. The second kappa shape index (κ2) is 10.5. The number of amides is 1. The lowest BCUT2D eigenvalue weighted by molar-refractivity contribution is -0.116. The van der Waals surface area contributed by atoms with Crippen molar-refractivity contribution in [1.29, 1.82) is 0 Å². The van der Waals surface area contributed by atoms with Gasteiger partial charge in [-0.2, -0.15) is 0 Å². The van der Waals surface area contributed by atoms with E-state index in [9.17, 15) is 4.79 Å². The lowest BCUT2D eigenvalue weighted by Gasteiger charge is -2.03. The van der Waals surface area contributed by atoms with Gasteiger partial charge in [0.25, 0.3) is 0 Å². The predicted molar refractivity (Wildman–Crippen MR) is 70.3 cm³/mol. The minimum atomic E-state index is -0.00749. The van der Waals surface area contributed by atoms with Crippen molar-refractivity contribution in [1.82, 2.24) is 5.32 Å². The Kier molecular flexibility index (Phi) is 9.78. The summed E-state index contributed by atoms with van der Waals surface area (Å²) >= 11 is 0. The fourth-order valence-electron chi connectivity index (χ4n) is 1.19. The summed E-state index contributed by atoms with van der Waals surface area (Å²) in [7, 11) is 0. The van der Waals surface area contributed by atoms with Crippen LogP contribution in [0.3, 0.4) is 0 Å². The zero-order chi connectivity index (χ0) is 12.2. The van der Waals surface area contributed by atoms with Crippen LogP contribution in [0.5, 0.6) is 0 Å². The molecule has 0 aliphatic heterocycles. The molecule has 0 aromatic heterocycles. The van der Waals surface area contributed by atoms with Crippen LogP contribution < -0.4 is 5.32 Å². The highest BCUT2D eigenvalue weighted by molar-refractivity contribution is 5.87. The quantitative estimate of drug-likeness (QED) is 0.381. The van der Waals surface area contributed by atoms with Gasteiger partial charge in [0.1, 0.15) is 0 Å². The van der Waals surface area contributed by atoms with E-state index >= 15 is 0 Å². The molecule has 0 saturated carbocycles. The largest absolute Gasteiger partial charge is 0.352 e. The highest BCUT2D eigenvalue weighted by Crippen LogP contribution is 1.99. The highest BCUT2D eigenvalue weighted by Gasteiger charge is 1.95. The number of unbranched alkanes of at least 4 members (excludes halogenated alkanes) is 3. The van der Waals surface area contributed by atoms with Crippen LogP contribution in [0.25, 0.3) is 0 Å². The van der Waals surface area contributed by atoms with Crippen molar-refractivity contribution in [2.45, 2.75) is 46.5 Å². The predicted octanol–water partition coefficient (Wildman–Crippen LogP) is 3.45. The number of hydrogen-bond donors (Lipinski definition) is 1. The lowest BCUT2D eigenvalue weighted by Crippen LogP contribution is -2.25. The van der Waals surface area contributed by atoms with Gasteiger partial charge in [0, 0.05) is 12.6 Å². The maximum Gasteiger partial charge on any atom is 0.243 e. The second-order valence-electron chi connectivity index (χ2n) is 4.42. The molecule has 0 heterocycles. The molecule has 0 unspecified atom stereocenters. The van der Waals surface area contributed by atoms with Crippen LogP contribution in [0.4, 0.5) is 0 Å². The van der Waals surface area contributed by atoms with Crippen molar-refractivity contribution in [2.24, 2.45) is 5.92 Å². The fraction of sp³-hybridized carbons (Fsp3) is 0.643. The number of hydrogen-bond acceptors (Lipinski definition) is 1. The van der Waals surface area contributed by atoms with Gasteiger partial charge in [-0.1, -0.05) is 51.8 Å². The third kappa shape index (κ3) is 11.0. The molecule has 0 aromatic carbocycles. The molecule has 1 N–H and O–H groups in total. The van der Waals surface area contributed by atoms with Gasteiger partial charge in [-0.15, -0.1) is 0 Å². The van der Waals surface area contributed by atoms with E-state index in [-0.39, 0.29) is 5.91 Å². The fourth-order valence-corrected chi connectivity index (χ4v) is 1.19. The topological polar surface area (TPSA) is 29.1 Å². The summed E-state index contributed by atoms with van der Waals surface area (Å²) in [6.07, 6.45) is 12.3. The second-order valence-corrected chi connectivity index (χ2v) is 4.42. The molecule has 92 valence electrons. The number of rotatable bonds is 8. The van der Waals surface area contributed by atoms with E-state index in [1.807, 2.05) is 12.2 Å². The molecule has 0 aliphatic carbocycles. The van der Waals surface area contributed by atoms with Crippen LogP contribution in [0.1, 0.15) is 46.5 Å². The van der Waals surface area contributed by atoms with Crippen molar-refractivity contribution >= 4 is 5.91 Å². The zero-order valence-corrected chi connectivity index (χ0v) is 10.8. The van der Waals surface area contributed by atoms with Crippen molar-refractivity contribution in [3.8, 4) is 0 Å². The van der Waals surface area contributed by atoms with Crippen LogP contribution in [-0.4, -0.2) is 12.5 Å². The Labute approximate surface area is 99.8 Å². The summed E-state index contributed by atoms with van der Waals surface area (Å²) in [6, 6.07) is 0. The molecular weight excluding hydrogens is 198 g/mol. The molecule has 0 atom stereocenters. The number of carbonyl (C=O) groups excluding carboxylic acids is 1. The van der Waals surface area contributed by atoms with E-state index in [0.29, 0.717) is 5.92 Å². The average Bonchev–Trinajstić information content (AvgIpc) is 2.25. The average molecular weight is 223 g/mol. The van der Waals surface area contributed by atoms with Crippen LogP contribution in [0.2, 0.25) is 0 Å². The van der Waals surface area contributed by atoms with E-state index in [1.165, 1.54) is 19.3 Å². The molecule has 16 heavy (non-hydrogen) atoms. The minimum Gasteiger partial charge on any atom is -0.352 e. The molecule has 2 heteroatoms. The molecule has 0 saturated heterocycles. The minimum absolute atomic E-state index is 0.00749. The monoisotopic (exact) mass is 223 g/mol. The van der Waals surface area contributed by atoms with Gasteiger partial charge in [-0.25, -0.2) is 0 Å². The van der Waals surface area contributed by atoms with E-state index in [4.69, 9.17) is 0 Å². The normalized spacial score (nSPS) is 11.8. The van der Waals surface area contributed by atoms with Crippen molar-refractivity contribution in [3.05, 3.63) is 24.3 Å². The Morgan fingerprint density at radius 2 is 2.00 bits per heavy atom. The molecule has 1 amide bonds. The van der Waals surface area contributed by atoms with Crippen LogP contribution in [0, 0.1) is 5.92 Å². The summed E-state index contributed by atoms with van der Waals surface area (Å²) in [6.45, 7) is 7.10.